The van der Waals surface area contributed by atoms with E-state index in [1.807, 2.05) is 38.9 Å². The largest absolute Gasteiger partial charge is 0.316 e. The molecule has 0 radical (unpaired) electrons. The third kappa shape index (κ3) is 2.02. The van der Waals surface area contributed by atoms with Crippen LogP contribution in [0.25, 0.3) is 0 Å². The highest BCUT2D eigenvalue weighted by atomic mass is 16.2. The molecule has 0 saturated carbocycles. The van der Waals surface area contributed by atoms with Crippen LogP contribution >= 0.6 is 0 Å². The molecule has 0 bridgehead atoms. The smallest absolute Gasteiger partial charge is 0.248 e. The molecule has 0 aliphatic carbocycles. The molecule has 1 amide bonds. The summed E-state index contributed by atoms with van der Waals surface area (Å²) in [5.41, 5.74) is 10.3. The standard InChI is InChI=1S/C14H21N3O/c1-9-5-6-10(2)13-11(9)12(15)14(18)17(13)8-7-16(3)4/h5-6,12H,7-8,15H2,1-4H3. The minimum Gasteiger partial charge on any atom is -0.316 e. The molecule has 98 valence electrons. The van der Waals surface area contributed by atoms with Gasteiger partial charge in [-0.3, -0.25) is 4.79 Å². The van der Waals surface area contributed by atoms with E-state index < -0.39 is 6.04 Å². The third-order valence-corrected chi connectivity index (χ3v) is 3.52. The van der Waals surface area contributed by atoms with E-state index in [0.29, 0.717) is 6.54 Å². The lowest BCUT2D eigenvalue weighted by molar-refractivity contribution is -0.119. The summed E-state index contributed by atoms with van der Waals surface area (Å²) in [6.45, 7) is 5.58. The average molecular weight is 247 g/mol. The summed E-state index contributed by atoms with van der Waals surface area (Å²) < 4.78 is 0. The maximum absolute atomic E-state index is 12.3. The first-order valence-corrected chi connectivity index (χ1v) is 6.25. The van der Waals surface area contributed by atoms with E-state index in [4.69, 9.17) is 5.73 Å². The molecule has 1 aromatic rings. The monoisotopic (exact) mass is 247 g/mol. The molecule has 4 heteroatoms. The number of benzene rings is 1. The summed E-state index contributed by atoms with van der Waals surface area (Å²) in [7, 11) is 4.01. The van der Waals surface area contributed by atoms with Gasteiger partial charge in [-0.1, -0.05) is 12.1 Å². The zero-order valence-electron chi connectivity index (χ0n) is 11.5. The van der Waals surface area contributed by atoms with Crippen molar-refractivity contribution in [3.05, 3.63) is 28.8 Å². The molecule has 1 aliphatic rings. The number of amides is 1. The Kier molecular flexibility index (Phi) is 3.41. The van der Waals surface area contributed by atoms with Gasteiger partial charge in [-0.15, -0.1) is 0 Å². The molecule has 4 nitrogen and oxygen atoms in total. The number of hydrogen-bond acceptors (Lipinski definition) is 3. The lowest BCUT2D eigenvalue weighted by atomic mass is 10.00. The Morgan fingerprint density at radius 1 is 1.28 bits per heavy atom. The minimum atomic E-state index is -0.498. The maximum Gasteiger partial charge on any atom is 0.248 e. The van der Waals surface area contributed by atoms with E-state index in [9.17, 15) is 4.79 Å². The molecule has 18 heavy (non-hydrogen) atoms. The van der Waals surface area contributed by atoms with E-state index >= 15 is 0 Å². The third-order valence-electron chi connectivity index (χ3n) is 3.52. The SMILES string of the molecule is Cc1ccc(C)c2c1C(N)C(=O)N2CCN(C)C. The molecule has 0 fully saturated rings. The Morgan fingerprint density at radius 3 is 2.50 bits per heavy atom. The predicted octanol–water partition coefficient (Wildman–Crippen LogP) is 1.21. The highest BCUT2D eigenvalue weighted by molar-refractivity contribution is 6.05. The van der Waals surface area contributed by atoms with Crippen LogP contribution in [0.3, 0.4) is 0 Å². The Bertz CT molecular complexity index is 482. The van der Waals surface area contributed by atoms with E-state index in [2.05, 4.69) is 11.0 Å². The van der Waals surface area contributed by atoms with Crippen LogP contribution in [0.15, 0.2) is 12.1 Å². The number of likely N-dealkylation sites (N-methyl/N-ethyl adjacent to an activating group) is 1. The van der Waals surface area contributed by atoms with Crippen LogP contribution in [-0.2, 0) is 4.79 Å². The second kappa shape index (κ2) is 4.71. The number of hydrogen-bond donors (Lipinski definition) is 1. The second-order valence-corrected chi connectivity index (χ2v) is 5.23. The van der Waals surface area contributed by atoms with Crippen molar-refractivity contribution in [2.24, 2.45) is 5.73 Å². The molecule has 2 rings (SSSR count). The molecule has 1 atom stereocenters. The number of rotatable bonds is 3. The molecule has 1 heterocycles. The zero-order valence-corrected chi connectivity index (χ0v) is 11.5. The van der Waals surface area contributed by atoms with Crippen molar-refractivity contribution in [1.82, 2.24) is 4.90 Å². The Hall–Kier alpha value is -1.39. The van der Waals surface area contributed by atoms with Gasteiger partial charge in [0.2, 0.25) is 5.91 Å². The van der Waals surface area contributed by atoms with Crippen LogP contribution in [0.4, 0.5) is 5.69 Å². The van der Waals surface area contributed by atoms with Crippen LogP contribution in [0, 0.1) is 13.8 Å². The van der Waals surface area contributed by atoms with Gasteiger partial charge in [0.15, 0.2) is 0 Å². The molecular formula is C14H21N3O. The fourth-order valence-corrected chi connectivity index (χ4v) is 2.49. The maximum atomic E-state index is 12.3. The first-order valence-electron chi connectivity index (χ1n) is 6.25. The fourth-order valence-electron chi connectivity index (χ4n) is 2.49. The quantitative estimate of drug-likeness (QED) is 0.873. The number of fused-ring (bicyclic) bond motifs is 1. The average Bonchev–Trinajstić information content (AvgIpc) is 2.56. The zero-order chi connectivity index (χ0) is 13.4. The van der Waals surface area contributed by atoms with E-state index in [1.165, 1.54) is 0 Å². The summed E-state index contributed by atoms with van der Waals surface area (Å²) in [4.78, 5) is 16.2. The Balaban J connectivity index is 2.41. The summed E-state index contributed by atoms with van der Waals surface area (Å²) in [6, 6.07) is 3.60. The van der Waals surface area contributed by atoms with Crippen LogP contribution in [0.2, 0.25) is 0 Å². The van der Waals surface area contributed by atoms with Gasteiger partial charge in [-0.2, -0.15) is 0 Å². The number of aryl methyl sites for hydroxylation is 2. The van der Waals surface area contributed by atoms with Gasteiger partial charge < -0.3 is 15.5 Å². The molecule has 1 unspecified atom stereocenters. The van der Waals surface area contributed by atoms with Gasteiger partial charge in [0.25, 0.3) is 0 Å². The van der Waals surface area contributed by atoms with Gasteiger partial charge in [-0.25, -0.2) is 0 Å². The molecular weight excluding hydrogens is 226 g/mol. The molecule has 1 aliphatic heterocycles. The number of anilines is 1. The Labute approximate surface area is 108 Å². The van der Waals surface area contributed by atoms with Crippen molar-refractivity contribution in [2.75, 3.05) is 32.1 Å². The summed E-state index contributed by atoms with van der Waals surface area (Å²) in [5, 5.41) is 0. The topological polar surface area (TPSA) is 49.6 Å². The number of carbonyl (C=O) groups excluding carboxylic acids is 1. The number of nitrogens with two attached hydrogens (primary N) is 1. The first-order chi connectivity index (χ1) is 8.43. The molecule has 1 aromatic carbocycles. The van der Waals surface area contributed by atoms with Crippen molar-refractivity contribution < 1.29 is 4.79 Å². The van der Waals surface area contributed by atoms with Crippen molar-refractivity contribution in [3.8, 4) is 0 Å². The number of carbonyl (C=O) groups is 1. The highest BCUT2D eigenvalue weighted by Crippen LogP contribution is 2.39. The van der Waals surface area contributed by atoms with Gasteiger partial charge in [-0.05, 0) is 39.1 Å². The van der Waals surface area contributed by atoms with Crippen molar-refractivity contribution in [1.29, 1.82) is 0 Å². The van der Waals surface area contributed by atoms with Gasteiger partial charge in [0, 0.05) is 18.7 Å². The van der Waals surface area contributed by atoms with E-state index in [1.54, 1.807) is 0 Å². The van der Waals surface area contributed by atoms with Gasteiger partial charge in [0.05, 0.1) is 5.69 Å². The van der Waals surface area contributed by atoms with Crippen molar-refractivity contribution in [3.63, 3.8) is 0 Å². The van der Waals surface area contributed by atoms with Crippen LogP contribution in [0.1, 0.15) is 22.7 Å². The molecule has 0 saturated heterocycles. The molecule has 2 N–H and O–H groups in total. The molecule has 0 aromatic heterocycles. The lowest BCUT2D eigenvalue weighted by Crippen LogP contribution is -2.37. The normalized spacial score (nSPS) is 18.7. The lowest BCUT2D eigenvalue weighted by Gasteiger charge is -2.21. The minimum absolute atomic E-state index is 0.0178. The van der Waals surface area contributed by atoms with Crippen LogP contribution in [-0.4, -0.2) is 38.0 Å². The van der Waals surface area contributed by atoms with Crippen LogP contribution < -0.4 is 10.6 Å². The van der Waals surface area contributed by atoms with Gasteiger partial charge >= 0.3 is 0 Å². The van der Waals surface area contributed by atoms with E-state index in [0.717, 1.165) is 28.9 Å². The summed E-state index contributed by atoms with van der Waals surface area (Å²) in [6.07, 6.45) is 0. The summed E-state index contributed by atoms with van der Waals surface area (Å²) >= 11 is 0. The molecule has 0 spiro atoms. The van der Waals surface area contributed by atoms with Crippen LogP contribution in [0.5, 0.6) is 0 Å². The number of nitrogens with zero attached hydrogens (tertiary/aromatic N) is 2. The van der Waals surface area contributed by atoms with Crippen molar-refractivity contribution >= 4 is 11.6 Å². The first kappa shape index (κ1) is 13.1. The highest BCUT2D eigenvalue weighted by Gasteiger charge is 2.36. The Morgan fingerprint density at radius 2 is 1.89 bits per heavy atom. The fraction of sp³-hybridized carbons (Fsp3) is 0.500. The second-order valence-electron chi connectivity index (χ2n) is 5.23. The predicted molar refractivity (Wildman–Crippen MR) is 73.8 cm³/mol. The van der Waals surface area contributed by atoms with E-state index in [-0.39, 0.29) is 5.91 Å². The summed E-state index contributed by atoms with van der Waals surface area (Å²) in [5.74, 6) is 0.0178. The van der Waals surface area contributed by atoms with Gasteiger partial charge in [0.1, 0.15) is 6.04 Å². The van der Waals surface area contributed by atoms with Crippen molar-refractivity contribution in [2.45, 2.75) is 19.9 Å².